The second kappa shape index (κ2) is 14.2. The molecule has 5 aromatic rings. The average Bonchev–Trinajstić information content (AvgIpc) is 3.37. The molecular weight excluding hydrogens is 692 g/mol. The number of esters is 1. The van der Waals surface area contributed by atoms with Crippen LogP contribution < -0.4 is 29.1 Å². The summed E-state index contributed by atoms with van der Waals surface area (Å²) in [4.78, 5) is 32.6. The quantitative estimate of drug-likeness (QED) is 0.143. The van der Waals surface area contributed by atoms with Crippen LogP contribution in [0.25, 0.3) is 16.8 Å². The molecule has 4 aromatic carbocycles. The van der Waals surface area contributed by atoms with Crippen LogP contribution in [0.5, 0.6) is 17.2 Å². The van der Waals surface area contributed by atoms with E-state index in [1.807, 2.05) is 74.5 Å². The lowest BCUT2D eigenvalue weighted by atomic mass is 9.96. The molecule has 6 rings (SSSR count). The van der Waals surface area contributed by atoms with Crippen LogP contribution in [0.2, 0.25) is 0 Å². The molecule has 10 heteroatoms. The minimum absolute atomic E-state index is 0.00857. The first-order valence-corrected chi connectivity index (χ1v) is 17.2. The monoisotopic (exact) mass is 726 g/mol. The molecule has 1 aliphatic rings. The van der Waals surface area contributed by atoms with Crippen LogP contribution in [0.1, 0.15) is 50.4 Å². The van der Waals surface area contributed by atoms with Gasteiger partial charge < -0.3 is 18.9 Å². The minimum atomic E-state index is -0.721. The first-order chi connectivity index (χ1) is 23.2. The van der Waals surface area contributed by atoms with Crippen molar-refractivity contribution in [2.75, 3.05) is 13.7 Å². The molecule has 1 aliphatic heterocycles. The van der Waals surface area contributed by atoms with Crippen molar-refractivity contribution in [2.24, 2.45) is 4.99 Å². The summed E-state index contributed by atoms with van der Waals surface area (Å²) in [5.41, 5.74) is 3.09. The lowest BCUT2D eigenvalue weighted by Crippen LogP contribution is -2.39. The summed E-state index contributed by atoms with van der Waals surface area (Å²) in [6.07, 6.45) is 1.81. The van der Waals surface area contributed by atoms with Crippen LogP contribution in [-0.4, -0.2) is 30.4 Å². The number of ether oxygens (including phenoxy) is 4. The normalized spacial score (nSPS) is 14.6. The molecule has 0 saturated heterocycles. The summed E-state index contributed by atoms with van der Waals surface area (Å²) in [5, 5.41) is 2.27. The first kappa shape index (κ1) is 33.2. The van der Waals surface area contributed by atoms with Gasteiger partial charge in [0.05, 0.1) is 46.1 Å². The summed E-state index contributed by atoms with van der Waals surface area (Å²) in [6.45, 7) is 7.98. The van der Waals surface area contributed by atoms with E-state index in [9.17, 15) is 9.59 Å². The molecule has 0 radical (unpaired) electrons. The van der Waals surface area contributed by atoms with Gasteiger partial charge in [0.15, 0.2) is 16.3 Å². The zero-order valence-corrected chi connectivity index (χ0v) is 29.7. The van der Waals surface area contributed by atoms with E-state index in [0.29, 0.717) is 48.9 Å². The van der Waals surface area contributed by atoms with E-state index in [-0.39, 0.29) is 18.3 Å². The molecular formula is C38H35BrN2O6S. The Kier molecular flexibility index (Phi) is 9.84. The van der Waals surface area contributed by atoms with E-state index < -0.39 is 12.0 Å². The van der Waals surface area contributed by atoms with Gasteiger partial charge in [-0.25, -0.2) is 9.79 Å². The lowest BCUT2D eigenvalue weighted by Gasteiger charge is -2.25. The molecule has 1 atom stereocenters. The van der Waals surface area contributed by atoms with Crippen molar-refractivity contribution in [3.8, 4) is 17.2 Å². The second-order valence-corrected chi connectivity index (χ2v) is 13.4. The average molecular weight is 728 g/mol. The second-order valence-electron chi connectivity index (χ2n) is 11.5. The number of carbonyl (C=O) groups is 1. The summed E-state index contributed by atoms with van der Waals surface area (Å²) in [7, 11) is 1.58. The molecule has 1 aromatic heterocycles. The van der Waals surface area contributed by atoms with Crippen molar-refractivity contribution in [1.82, 2.24) is 4.57 Å². The highest BCUT2D eigenvalue weighted by molar-refractivity contribution is 9.10. The molecule has 0 N–H and O–H groups in total. The molecule has 8 nitrogen and oxygen atoms in total. The van der Waals surface area contributed by atoms with Gasteiger partial charge in [-0.2, -0.15) is 0 Å². The van der Waals surface area contributed by atoms with Crippen LogP contribution in [-0.2, 0) is 16.1 Å². The van der Waals surface area contributed by atoms with Crippen LogP contribution >= 0.6 is 27.3 Å². The van der Waals surface area contributed by atoms with Gasteiger partial charge in [-0.1, -0.05) is 65.9 Å². The topological polar surface area (TPSA) is 88.4 Å². The number of carbonyl (C=O) groups excluding carboxylic acids is 1. The number of halogens is 1. The highest BCUT2D eigenvalue weighted by Crippen LogP contribution is 2.38. The molecule has 0 aliphatic carbocycles. The lowest BCUT2D eigenvalue weighted by molar-refractivity contribution is -0.139. The van der Waals surface area contributed by atoms with Gasteiger partial charge in [-0.05, 0) is 101 Å². The smallest absolute Gasteiger partial charge is 0.338 e. The number of fused-ring (bicyclic) bond motifs is 2. The van der Waals surface area contributed by atoms with Crippen molar-refractivity contribution in [3.05, 3.63) is 131 Å². The molecule has 0 unspecified atom stereocenters. The predicted molar refractivity (Wildman–Crippen MR) is 192 cm³/mol. The summed E-state index contributed by atoms with van der Waals surface area (Å²) in [6, 6.07) is 24.8. The molecule has 0 amide bonds. The van der Waals surface area contributed by atoms with Crippen LogP contribution in [0, 0.1) is 0 Å². The molecule has 0 spiro atoms. The molecule has 0 bridgehead atoms. The van der Waals surface area contributed by atoms with Crippen molar-refractivity contribution < 1.29 is 23.7 Å². The number of nitrogens with zero attached hydrogens (tertiary/aromatic N) is 2. The number of hydrogen-bond donors (Lipinski definition) is 0. The Balaban J connectivity index is 1.38. The number of methoxy groups -OCH3 is 1. The number of thiazole rings is 1. The highest BCUT2D eigenvalue weighted by Gasteiger charge is 2.33. The minimum Gasteiger partial charge on any atom is -0.493 e. The van der Waals surface area contributed by atoms with Crippen LogP contribution in [0.3, 0.4) is 0 Å². The summed E-state index contributed by atoms with van der Waals surface area (Å²) in [5.74, 6) is 1.27. The maximum Gasteiger partial charge on any atom is 0.338 e. The SMILES string of the molecule is CCOC(=O)C1=C(C)N=c2s/c(=C\c3cc(Br)c(OCc4cccc5ccccc45)c(OC)c3)c(=O)n2[C@H]1c1ccc(OC(C)C)cc1. The largest absolute Gasteiger partial charge is 0.493 e. The fraction of sp³-hybridized carbons (Fsp3) is 0.237. The molecule has 246 valence electrons. The Morgan fingerprint density at radius 1 is 1.06 bits per heavy atom. The molecule has 0 fully saturated rings. The number of rotatable bonds is 10. The van der Waals surface area contributed by atoms with Crippen molar-refractivity contribution in [1.29, 1.82) is 0 Å². The van der Waals surface area contributed by atoms with Gasteiger partial charge in [0.25, 0.3) is 5.56 Å². The Hall–Kier alpha value is -4.67. The van der Waals surface area contributed by atoms with E-state index in [4.69, 9.17) is 18.9 Å². The number of allylic oxidation sites excluding steroid dienone is 1. The number of aromatic nitrogens is 1. The van der Waals surface area contributed by atoms with Gasteiger partial charge in [-0.3, -0.25) is 9.36 Å². The predicted octanol–water partition coefficient (Wildman–Crippen LogP) is 7.09. The number of hydrogen-bond acceptors (Lipinski definition) is 8. The van der Waals surface area contributed by atoms with Gasteiger partial charge in [0.1, 0.15) is 12.4 Å². The highest BCUT2D eigenvalue weighted by atomic mass is 79.9. The van der Waals surface area contributed by atoms with Crippen LogP contribution in [0.15, 0.2) is 104 Å². The Morgan fingerprint density at radius 3 is 2.54 bits per heavy atom. The van der Waals surface area contributed by atoms with E-state index in [2.05, 4.69) is 39.1 Å². The third-order valence-electron chi connectivity index (χ3n) is 7.89. The zero-order chi connectivity index (χ0) is 33.9. The maximum absolute atomic E-state index is 14.1. The van der Waals surface area contributed by atoms with Crippen LogP contribution in [0.4, 0.5) is 0 Å². The van der Waals surface area contributed by atoms with Crippen molar-refractivity contribution in [2.45, 2.75) is 46.4 Å². The van der Waals surface area contributed by atoms with Crippen molar-refractivity contribution >= 4 is 50.1 Å². The van der Waals surface area contributed by atoms with E-state index >= 15 is 0 Å². The summed E-state index contributed by atoms with van der Waals surface area (Å²) >= 11 is 4.93. The Bertz CT molecular complexity index is 2210. The van der Waals surface area contributed by atoms with E-state index in [0.717, 1.165) is 27.5 Å². The molecule has 2 heterocycles. The van der Waals surface area contributed by atoms with Gasteiger partial charge in [-0.15, -0.1) is 0 Å². The van der Waals surface area contributed by atoms with E-state index in [1.165, 1.54) is 11.3 Å². The third-order valence-corrected chi connectivity index (χ3v) is 9.46. The van der Waals surface area contributed by atoms with Gasteiger partial charge in [0.2, 0.25) is 0 Å². The zero-order valence-electron chi connectivity index (χ0n) is 27.3. The van der Waals surface area contributed by atoms with Crippen molar-refractivity contribution in [3.63, 3.8) is 0 Å². The van der Waals surface area contributed by atoms with Gasteiger partial charge in [0, 0.05) is 0 Å². The molecule has 0 saturated carbocycles. The Morgan fingerprint density at radius 2 is 1.81 bits per heavy atom. The number of benzene rings is 4. The fourth-order valence-electron chi connectivity index (χ4n) is 5.79. The standard InChI is InChI=1S/C38H35BrN2O6S/c1-6-45-37(43)33-23(4)40-38-41(34(33)26-14-16-28(17-15-26)47-22(2)3)36(42)32(48-38)20-24-18-30(39)35(31(19-24)44-5)46-21-27-12-9-11-25-10-7-8-13-29(25)27/h7-20,22,34H,6,21H2,1-5H3/b32-20-/t34-/m0/s1. The first-order valence-electron chi connectivity index (χ1n) is 15.6. The van der Waals surface area contributed by atoms with E-state index in [1.54, 1.807) is 31.6 Å². The summed E-state index contributed by atoms with van der Waals surface area (Å²) < 4.78 is 26.0. The maximum atomic E-state index is 14.1. The van der Waals surface area contributed by atoms with Gasteiger partial charge >= 0.3 is 5.97 Å². The molecule has 48 heavy (non-hydrogen) atoms. The fourth-order valence-corrected chi connectivity index (χ4v) is 7.41. The Labute approximate surface area is 290 Å². The third kappa shape index (κ3) is 6.68.